The highest BCUT2D eigenvalue weighted by Crippen LogP contribution is 2.59. The third kappa shape index (κ3) is 2.79. The van der Waals surface area contributed by atoms with E-state index >= 15 is 0 Å². The SMILES string of the molecule is CCn1nc(-c2cnc(N)c(C(F)(F)F)c2)cc1C1[C@H]2CN(C3COC3)C[C@@H]12. The molecule has 9 heteroatoms. The van der Waals surface area contributed by atoms with Crippen molar-refractivity contribution in [3.63, 3.8) is 0 Å². The maximum absolute atomic E-state index is 13.2. The lowest BCUT2D eigenvalue weighted by atomic mass is 10.1. The lowest BCUT2D eigenvalue weighted by Crippen LogP contribution is -2.48. The number of nitrogens with zero attached hydrogens (tertiary/aromatic N) is 4. The van der Waals surface area contributed by atoms with E-state index in [2.05, 4.69) is 15.0 Å². The van der Waals surface area contributed by atoms with Crippen molar-refractivity contribution < 1.29 is 17.9 Å². The van der Waals surface area contributed by atoms with Crippen LogP contribution in [0.4, 0.5) is 19.0 Å². The molecule has 1 aliphatic carbocycles. The van der Waals surface area contributed by atoms with E-state index in [9.17, 15) is 13.2 Å². The first-order valence-electron chi connectivity index (χ1n) is 9.59. The van der Waals surface area contributed by atoms with Gasteiger partial charge in [0.2, 0.25) is 0 Å². The zero-order valence-electron chi connectivity index (χ0n) is 15.5. The van der Waals surface area contributed by atoms with Gasteiger partial charge in [-0.25, -0.2) is 4.98 Å². The van der Waals surface area contributed by atoms with Crippen LogP contribution < -0.4 is 5.73 Å². The highest BCUT2D eigenvalue weighted by molar-refractivity contribution is 5.63. The number of alkyl halides is 3. The van der Waals surface area contributed by atoms with Crippen molar-refractivity contribution in [1.82, 2.24) is 19.7 Å². The standard InChI is InChI=1S/C19H22F3N5O/c1-2-27-16(17-12-6-26(7-13(12)17)11-8-28-9-11)4-15(25-27)10-3-14(19(20,21)22)18(23)24-5-10/h3-5,11-13,17H,2,6-9H2,1H3,(H2,23,24)/t12-,13+,17?. The molecule has 2 N–H and O–H groups in total. The molecule has 0 amide bonds. The van der Waals surface area contributed by atoms with E-state index in [1.807, 2.05) is 17.7 Å². The molecule has 1 unspecified atom stereocenters. The fourth-order valence-electron chi connectivity index (χ4n) is 4.67. The Bertz CT molecular complexity index is 895. The molecular weight excluding hydrogens is 371 g/mol. The maximum atomic E-state index is 13.2. The van der Waals surface area contributed by atoms with Gasteiger partial charge in [-0.2, -0.15) is 18.3 Å². The second kappa shape index (κ2) is 6.18. The molecule has 150 valence electrons. The largest absolute Gasteiger partial charge is 0.419 e. The summed E-state index contributed by atoms with van der Waals surface area (Å²) in [5.74, 6) is 1.13. The van der Waals surface area contributed by atoms with Gasteiger partial charge in [0.15, 0.2) is 0 Å². The number of nitrogens with two attached hydrogens (primary N) is 1. The predicted molar refractivity (Wildman–Crippen MR) is 96.4 cm³/mol. The monoisotopic (exact) mass is 393 g/mol. The topological polar surface area (TPSA) is 69.2 Å². The minimum atomic E-state index is -4.54. The van der Waals surface area contributed by atoms with Crippen molar-refractivity contribution in [3.05, 3.63) is 29.6 Å². The summed E-state index contributed by atoms with van der Waals surface area (Å²) >= 11 is 0. The minimum Gasteiger partial charge on any atom is -0.383 e. The summed E-state index contributed by atoms with van der Waals surface area (Å²) in [4.78, 5) is 6.24. The van der Waals surface area contributed by atoms with E-state index in [1.165, 1.54) is 6.20 Å². The fourth-order valence-corrected chi connectivity index (χ4v) is 4.67. The molecule has 0 spiro atoms. The molecule has 4 heterocycles. The number of hydrogen-bond acceptors (Lipinski definition) is 5. The van der Waals surface area contributed by atoms with Crippen molar-refractivity contribution in [3.8, 4) is 11.3 Å². The summed E-state index contributed by atoms with van der Waals surface area (Å²) in [5.41, 5.74) is 6.47. The number of piperidine rings is 1. The molecule has 28 heavy (non-hydrogen) atoms. The van der Waals surface area contributed by atoms with E-state index < -0.39 is 17.6 Å². The summed E-state index contributed by atoms with van der Waals surface area (Å²) in [6, 6.07) is 3.53. The molecule has 0 bridgehead atoms. The Kier molecular flexibility index (Phi) is 3.96. The molecule has 3 fully saturated rings. The Morgan fingerprint density at radius 2 is 1.93 bits per heavy atom. The van der Waals surface area contributed by atoms with Gasteiger partial charge < -0.3 is 10.5 Å². The molecule has 2 aromatic rings. The number of pyridine rings is 1. The zero-order valence-corrected chi connectivity index (χ0v) is 15.5. The normalized spacial score (nSPS) is 27.6. The van der Waals surface area contributed by atoms with Crippen LogP contribution in [0, 0.1) is 11.8 Å². The van der Waals surface area contributed by atoms with E-state index in [0.29, 0.717) is 41.6 Å². The van der Waals surface area contributed by atoms with Crippen LogP contribution in [0.1, 0.15) is 24.1 Å². The summed E-state index contributed by atoms with van der Waals surface area (Å²) < 4.78 is 46.7. The summed E-state index contributed by atoms with van der Waals surface area (Å²) in [6.07, 6.45) is -3.17. The minimum absolute atomic E-state index is 0.342. The Labute approximate surface area is 160 Å². The number of aromatic nitrogens is 3. The van der Waals surface area contributed by atoms with Crippen LogP contribution in [0.25, 0.3) is 11.3 Å². The van der Waals surface area contributed by atoms with Gasteiger partial charge in [0.05, 0.1) is 30.5 Å². The molecule has 0 aromatic carbocycles. The smallest absolute Gasteiger partial charge is 0.383 e. The van der Waals surface area contributed by atoms with Crippen molar-refractivity contribution in [1.29, 1.82) is 0 Å². The van der Waals surface area contributed by atoms with Crippen molar-refractivity contribution >= 4 is 5.82 Å². The Balaban J connectivity index is 1.40. The average molecular weight is 393 g/mol. The summed E-state index contributed by atoms with van der Waals surface area (Å²) in [6.45, 7) is 6.46. The van der Waals surface area contributed by atoms with Crippen molar-refractivity contribution in [2.45, 2.75) is 31.6 Å². The Hall–Kier alpha value is -2.13. The zero-order chi connectivity index (χ0) is 19.6. The molecule has 6 nitrogen and oxygen atoms in total. The number of likely N-dealkylation sites (tertiary alicyclic amines) is 1. The predicted octanol–water partition coefficient (Wildman–Crippen LogP) is 2.61. The third-order valence-corrected chi connectivity index (χ3v) is 6.33. The quantitative estimate of drug-likeness (QED) is 0.865. The summed E-state index contributed by atoms with van der Waals surface area (Å²) in [5, 5.41) is 4.56. The van der Waals surface area contributed by atoms with E-state index in [1.54, 1.807) is 0 Å². The molecule has 2 aliphatic heterocycles. The highest BCUT2D eigenvalue weighted by Gasteiger charge is 2.58. The number of aryl methyl sites for hydroxylation is 1. The number of nitrogen functional groups attached to an aromatic ring is 1. The van der Waals surface area contributed by atoms with Crippen LogP contribution in [0.5, 0.6) is 0 Å². The van der Waals surface area contributed by atoms with E-state index in [0.717, 1.165) is 38.1 Å². The molecule has 5 rings (SSSR count). The van der Waals surface area contributed by atoms with Gasteiger partial charge >= 0.3 is 6.18 Å². The molecule has 2 aromatic heterocycles. The first-order chi connectivity index (χ1) is 13.4. The van der Waals surface area contributed by atoms with Crippen LogP contribution in [0.15, 0.2) is 18.3 Å². The van der Waals surface area contributed by atoms with Gasteiger partial charge in [0.25, 0.3) is 0 Å². The molecule has 0 radical (unpaired) electrons. The van der Waals surface area contributed by atoms with Crippen molar-refractivity contribution in [2.75, 3.05) is 32.0 Å². The lowest BCUT2D eigenvalue weighted by molar-refractivity contribution is -0.137. The first kappa shape index (κ1) is 17.9. The molecular formula is C19H22F3N5O. The first-order valence-corrected chi connectivity index (χ1v) is 9.59. The fraction of sp³-hybridized carbons (Fsp3) is 0.579. The average Bonchev–Trinajstić information content (AvgIpc) is 2.96. The number of hydrogen-bond donors (Lipinski definition) is 1. The van der Waals surface area contributed by atoms with Gasteiger partial charge in [0.1, 0.15) is 5.82 Å². The number of rotatable bonds is 4. The molecule has 3 aliphatic rings. The Morgan fingerprint density at radius 3 is 2.50 bits per heavy atom. The van der Waals surface area contributed by atoms with Crippen LogP contribution in [0.3, 0.4) is 0 Å². The van der Waals surface area contributed by atoms with E-state index in [4.69, 9.17) is 10.5 Å². The highest BCUT2D eigenvalue weighted by atomic mass is 19.4. The number of anilines is 1. The lowest BCUT2D eigenvalue weighted by Gasteiger charge is -2.35. The second-order valence-electron chi connectivity index (χ2n) is 7.92. The van der Waals surface area contributed by atoms with E-state index in [-0.39, 0.29) is 0 Å². The van der Waals surface area contributed by atoms with Gasteiger partial charge in [0, 0.05) is 43.0 Å². The molecule has 2 saturated heterocycles. The van der Waals surface area contributed by atoms with Gasteiger partial charge in [-0.05, 0) is 30.9 Å². The van der Waals surface area contributed by atoms with Crippen LogP contribution >= 0.6 is 0 Å². The number of ether oxygens (including phenoxy) is 1. The van der Waals surface area contributed by atoms with Crippen molar-refractivity contribution in [2.24, 2.45) is 11.8 Å². The van der Waals surface area contributed by atoms with Crippen LogP contribution in [-0.4, -0.2) is 52.0 Å². The Morgan fingerprint density at radius 1 is 1.21 bits per heavy atom. The molecule has 3 atom stereocenters. The molecule has 1 saturated carbocycles. The number of halogens is 3. The third-order valence-electron chi connectivity index (χ3n) is 6.33. The maximum Gasteiger partial charge on any atom is 0.419 e. The van der Waals surface area contributed by atoms with Crippen LogP contribution in [0.2, 0.25) is 0 Å². The van der Waals surface area contributed by atoms with Gasteiger partial charge in [-0.1, -0.05) is 0 Å². The van der Waals surface area contributed by atoms with Gasteiger partial charge in [-0.3, -0.25) is 9.58 Å². The van der Waals surface area contributed by atoms with Crippen LogP contribution in [-0.2, 0) is 17.5 Å². The summed E-state index contributed by atoms with van der Waals surface area (Å²) in [7, 11) is 0. The second-order valence-corrected chi connectivity index (χ2v) is 7.92. The number of fused-ring (bicyclic) bond motifs is 1. The van der Waals surface area contributed by atoms with Gasteiger partial charge in [-0.15, -0.1) is 0 Å².